The molecule has 1 saturated heterocycles. The van der Waals surface area contributed by atoms with Gasteiger partial charge in [-0.25, -0.2) is 4.99 Å². The zero-order valence-electron chi connectivity index (χ0n) is 20.1. The molecule has 0 radical (unpaired) electrons. The molecule has 37 heavy (non-hydrogen) atoms. The lowest BCUT2D eigenvalue weighted by molar-refractivity contribution is -0.112. The van der Waals surface area contributed by atoms with E-state index in [9.17, 15) is 13.6 Å². The molecule has 10 heteroatoms. The van der Waals surface area contributed by atoms with Gasteiger partial charge in [0.1, 0.15) is 17.2 Å². The van der Waals surface area contributed by atoms with E-state index in [-0.39, 0.29) is 11.7 Å². The maximum Gasteiger partial charge on any atom is 0.487 e. The summed E-state index contributed by atoms with van der Waals surface area (Å²) in [6, 6.07) is 21.2. The van der Waals surface area contributed by atoms with Crippen molar-refractivity contribution < 1.29 is 23.0 Å². The third-order valence-corrected chi connectivity index (χ3v) is 6.44. The largest absolute Gasteiger partial charge is 0.497 e. The van der Waals surface area contributed by atoms with Gasteiger partial charge in [0.25, 0.3) is 5.91 Å². The Bertz CT molecular complexity index is 1290. The third kappa shape index (κ3) is 5.68. The van der Waals surface area contributed by atoms with Crippen LogP contribution in [0.25, 0.3) is 0 Å². The fraction of sp³-hybridized carbons (Fsp3) is 0.259. The van der Waals surface area contributed by atoms with Gasteiger partial charge >= 0.3 is 5.57 Å². The van der Waals surface area contributed by atoms with E-state index < -0.39 is 5.57 Å². The van der Waals surface area contributed by atoms with Crippen LogP contribution in [0, 0.1) is 0 Å². The van der Waals surface area contributed by atoms with E-state index in [2.05, 4.69) is 31.7 Å². The highest BCUT2D eigenvalue weighted by molar-refractivity contribution is 6.54. The third-order valence-electron chi connectivity index (χ3n) is 6.36. The number of aliphatic imine (C=N–C) groups is 1. The maximum absolute atomic E-state index is 13.4. The van der Waals surface area contributed by atoms with Gasteiger partial charge in [0.05, 0.1) is 25.2 Å². The number of para-hydroxylation sites is 1. The first-order valence-corrected chi connectivity index (χ1v) is 12.2. The number of carbonyl (C=O) groups is 1. The maximum atomic E-state index is 13.4. The van der Waals surface area contributed by atoms with E-state index in [1.807, 2.05) is 36.4 Å². The van der Waals surface area contributed by atoms with Crippen molar-refractivity contribution in [2.75, 3.05) is 49.8 Å². The molecule has 1 amide bonds. The topological polar surface area (TPSA) is 57.6 Å². The summed E-state index contributed by atoms with van der Waals surface area (Å²) in [6.45, 7) is 3.73. The van der Waals surface area contributed by atoms with Crippen molar-refractivity contribution in [2.24, 2.45) is 4.99 Å². The monoisotopic (exact) mass is 526 g/mol. The highest BCUT2D eigenvalue weighted by atomic mass is 35.5. The molecule has 192 valence electrons. The number of hydrogen-bond donors (Lipinski definition) is 0. The number of methoxy groups -OCH3 is 1. The molecule has 0 spiro atoms. The normalized spacial score (nSPS) is 17.3. The van der Waals surface area contributed by atoms with Crippen LogP contribution in [-0.2, 0) is 4.79 Å². The number of amides is 1. The van der Waals surface area contributed by atoms with Gasteiger partial charge in [-0.3, -0.25) is 14.6 Å². The number of rotatable bonds is 7. The molecule has 0 saturated carbocycles. The van der Waals surface area contributed by atoms with E-state index in [0.717, 1.165) is 48.9 Å². The number of benzene rings is 3. The minimum atomic E-state index is -3.80. The van der Waals surface area contributed by atoms with E-state index in [4.69, 9.17) is 16.3 Å². The Balaban J connectivity index is 1.28. The molecule has 7 nitrogen and oxygen atoms in total. The molecule has 2 aliphatic heterocycles. The second-order valence-corrected chi connectivity index (χ2v) is 9.14. The van der Waals surface area contributed by atoms with Crippen molar-refractivity contribution in [3.63, 3.8) is 0 Å². The molecule has 3 aromatic rings. The van der Waals surface area contributed by atoms with Gasteiger partial charge in [0.15, 0.2) is 0 Å². The number of alkyl halides is 3. The van der Waals surface area contributed by atoms with Crippen LogP contribution >= 0.6 is 11.6 Å². The van der Waals surface area contributed by atoms with Crippen LogP contribution in [0.4, 0.5) is 25.8 Å². The van der Waals surface area contributed by atoms with Gasteiger partial charge in [-0.1, -0.05) is 18.2 Å². The summed E-state index contributed by atoms with van der Waals surface area (Å²) >= 11 is 4.82. The summed E-state index contributed by atoms with van der Waals surface area (Å²) in [6.07, 6.45) is 0. The van der Waals surface area contributed by atoms with Crippen molar-refractivity contribution >= 4 is 40.3 Å². The second kappa shape index (κ2) is 10.4. The van der Waals surface area contributed by atoms with Gasteiger partial charge in [-0.05, 0) is 54.6 Å². The highest BCUT2D eigenvalue weighted by Gasteiger charge is 2.35. The number of carbonyl (C=O) groups excluding carboxylic acids is 1. The van der Waals surface area contributed by atoms with Crippen LogP contribution in [0.2, 0.25) is 0 Å². The Morgan fingerprint density at radius 1 is 0.919 bits per heavy atom. The highest BCUT2D eigenvalue weighted by Crippen LogP contribution is 2.32. The van der Waals surface area contributed by atoms with Crippen molar-refractivity contribution in [1.82, 2.24) is 4.90 Å². The Kier molecular flexibility index (Phi) is 6.99. The first-order valence-electron chi connectivity index (χ1n) is 11.8. The van der Waals surface area contributed by atoms with Crippen molar-refractivity contribution in [3.05, 3.63) is 78.4 Å². The molecule has 0 aliphatic carbocycles. The summed E-state index contributed by atoms with van der Waals surface area (Å²) in [7, 11) is 1.65. The van der Waals surface area contributed by atoms with Gasteiger partial charge < -0.3 is 14.4 Å². The van der Waals surface area contributed by atoms with Crippen LogP contribution in [0.3, 0.4) is 0 Å². The van der Waals surface area contributed by atoms with E-state index in [0.29, 0.717) is 18.1 Å². The minimum Gasteiger partial charge on any atom is -0.497 e. The van der Waals surface area contributed by atoms with Crippen molar-refractivity contribution in [2.45, 2.75) is 5.57 Å². The van der Waals surface area contributed by atoms with Crippen LogP contribution in [-0.4, -0.2) is 62.0 Å². The average molecular weight is 527 g/mol. The van der Waals surface area contributed by atoms with Gasteiger partial charge in [-0.15, -0.1) is 8.78 Å². The quantitative estimate of drug-likeness (QED) is 0.400. The number of hydrogen-bond acceptors (Lipinski definition) is 6. The zero-order valence-corrected chi connectivity index (χ0v) is 20.9. The lowest BCUT2D eigenvalue weighted by Crippen LogP contribution is -2.51. The molecule has 1 fully saturated rings. The predicted octanol–water partition coefficient (Wildman–Crippen LogP) is 5.11. The molecule has 0 unspecified atom stereocenters. The van der Waals surface area contributed by atoms with Gasteiger partial charge in [0.2, 0.25) is 0 Å². The lowest BCUT2D eigenvalue weighted by atomic mass is 10.1. The number of halogens is 3. The standard InChI is InChI=1S/C27H25ClF2N4O3/c1-36-21-12-8-20(9-13-21)33-16-14-32(15-17-33)18-34-24-5-3-2-4-23(24)25(26(34)35)31-19-6-10-22(11-7-19)37-27(28,29)30/h2-13H,14-18H2,1H3. The summed E-state index contributed by atoms with van der Waals surface area (Å²) in [4.78, 5) is 24.3. The SMILES string of the molecule is COc1ccc(N2CCN(CN3C(=O)C(=Nc4ccc(OC(F)(F)Cl)cc4)c4ccccc43)CC2)cc1. The predicted molar refractivity (Wildman–Crippen MR) is 140 cm³/mol. The van der Waals surface area contributed by atoms with Crippen LogP contribution in [0.1, 0.15) is 5.56 Å². The molecule has 0 N–H and O–H groups in total. The number of nitrogens with zero attached hydrogens (tertiary/aromatic N) is 4. The van der Waals surface area contributed by atoms with Crippen LogP contribution < -0.4 is 19.3 Å². The van der Waals surface area contributed by atoms with E-state index in [1.165, 1.54) is 24.3 Å². The summed E-state index contributed by atoms with van der Waals surface area (Å²) in [5.41, 5.74) is -0.373. The Labute approximate surface area is 218 Å². The van der Waals surface area contributed by atoms with Crippen molar-refractivity contribution in [1.29, 1.82) is 0 Å². The molecule has 0 aromatic heterocycles. The zero-order chi connectivity index (χ0) is 26.0. The van der Waals surface area contributed by atoms with Crippen LogP contribution in [0.15, 0.2) is 77.8 Å². The van der Waals surface area contributed by atoms with E-state index >= 15 is 0 Å². The number of piperazine rings is 1. The lowest BCUT2D eigenvalue weighted by Gasteiger charge is -2.37. The fourth-order valence-electron chi connectivity index (χ4n) is 4.50. The Hall–Kier alpha value is -3.69. The molecule has 3 aromatic carbocycles. The second-order valence-electron chi connectivity index (χ2n) is 8.70. The molecular weight excluding hydrogens is 502 g/mol. The smallest absolute Gasteiger partial charge is 0.487 e. The Morgan fingerprint density at radius 2 is 1.57 bits per heavy atom. The van der Waals surface area contributed by atoms with Crippen molar-refractivity contribution in [3.8, 4) is 11.5 Å². The fourth-order valence-corrected chi connectivity index (χ4v) is 4.59. The molecule has 2 aliphatic rings. The average Bonchev–Trinajstić information content (AvgIpc) is 3.15. The number of ether oxygens (including phenoxy) is 2. The molecule has 2 heterocycles. The van der Waals surface area contributed by atoms with E-state index in [1.54, 1.807) is 12.0 Å². The first kappa shape index (κ1) is 25.0. The van der Waals surface area contributed by atoms with Gasteiger partial charge in [-0.2, -0.15) is 0 Å². The number of fused-ring (bicyclic) bond motifs is 1. The molecule has 0 atom stereocenters. The molecule has 0 bridgehead atoms. The summed E-state index contributed by atoms with van der Waals surface area (Å²) < 4.78 is 35.3. The molecular formula is C27H25ClF2N4O3. The summed E-state index contributed by atoms with van der Waals surface area (Å²) in [5.74, 6) is 0.524. The Morgan fingerprint density at radius 3 is 2.22 bits per heavy atom. The minimum absolute atomic E-state index is 0.0995. The summed E-state index contributed by atoms with van der Waals surface area (Å²) in [5, 5.41) is 0. The van der Waals surface area contributed by atoms with Crippen LogP contribution in [0.5, 0.6) is 11.5 Å². The first-order chi connectivity index (χ1) is 17.8. The van der Waals surface area contributed by atoms with Gasteiger partial charge in [0, 0.05) is 49.0 Å². The molecule has 5 rings (SSSR count). The number of anilines is 2.